The Morgan fingerprint density at radius 3 is 2.53 bits per heavy atom. The van der Waals surface area contributed by atoms with Gasteiger partial charge in [0.25, 0.3) is 0 Å². The highest BCUT2D eigenvalue weighted by atomic mass is 16.4. The first-order valence-corrected chi connectivity index (χ1v) is 6.02. The molecule has 6 nitrogen and oxygen atoms in total. The van der Waals surface area contributed by atoms with E-state index >= 15 is 0 Å². The van der Waals surface area contributed by atoms with Crippen molar-refractivity contribution in [2.45, 2.75) is 24.6 Å². The summed E-state index contributed by atoms with van der Waals surface area (Å²) >= 11 is 0. The van der Waals surface area contributed by atoms with E-state index < -0.39 is 30.1 Å². The zero-order valence-corrected chi connectivity index (χ0v) is 10.3. The molecule has 0 saturated carbocycles. The average Bonchev–Trinajstić information content (AvgIpc) is 2.80. The number of amides is 1. The predicted molar refractivity (Wildman–Crippen MR) is 67.1 cm³/mol. The van der Waals surface area contributed by atoms with Gasteiger partial charge in [-0.05, 0) is 5.56 Å². The molecule has 0 aromatic heterocycles. The van der Waals surface area contributed by atoms with E-state index in [1.807, 2.05) is 0 Å². The van der Waals surface area contributed by atoms with Crippen molar-refractivity contribution in [3.63, 3.8) is 0 Å². The van der Waals surface area contributed by atoms with Crippen molar-refractivity contribution >= 4 is 11.9 Å². The van der Waals surface area contributed by atoms with Gasteiger partial charge < -0.3 is 20.8 Å². The average molecular weight is 264 g/mol. The molecule has 0 aliphatic carbocycles. The van der Waals surface area contributed by atoms with Gasteiger partial charge in [-0.25, -0.2) is 4.79 Å². The van der Waals surface area contributed by atoms with Crippen LogP contribution >= 0.6 is 0 Å². The van der Waals surface area contributed by atoms with Gasteiger partial charge >= 0.3 is 5.97 Å². The molecular weight excluding hydrogens is 248 g/mol. The van der Waals surface area contributed by atoms with Crippen LogP contribution in [0.15, 0.2) is 30.3 Å². The lowest BCUT2D eigenvalue weighted by Gasteiger charge is -2.24. The van der Waals surface area contributed by atoms with E-state index in [4.69, 9.17) is 10.8 Å². The van der Waals surface area contributed by atoms with E-state index in [-0.39, 0.29) is 13.0 Å². The summed E-state index contributed by atoms with van der Waals surface area (Å²) in [6.45, 7) is 0.0103. The number of hydrogen-bond acceptors (Lipinski definition) is 4. The highest BCUT2D eigenvalue weighted by Gasteiger charge is 2.40. The fraction of sp³-hybridized carbons (Fsp3) is 0.385. The van der Waals surface area contributed by atoms with Gasteiger partial charge in [-0.2, -0.15) is 0 Å². The SMILES string of the molecule is N[C@@H](C(=O)N1CC(O)CC1C(=O)O)c1ccccc1. The van der Waals surface area contributed by atoms with Gasteiger partial charge in [-0.15, -0.1) is 0 Å². The second kappa shape index (κ2) is 5.38. The fourth-order valence-electron chi connectivity index (χ4n) is 2.27. The lowest BCUT2D eigenvalue weighted by molar-refractivity contribution is -0.148. The molecule has 0 bridgehead atoms. The third-order valence-electron chi connectivity index (χ3n) is 3.27. The minimum absolute atomic E-state index is 0.0103. The maximum absolute atomic E-state index is 12.2. The molecule has 19 heavy (non-hydrogen) atoms. The van der Waals surface area contributed by atoms with Crippen LogP contribution in [0.1, 0.15) is 18.0 Å². The number of hydrogen-bond donors (Lipinski definition) is 3. The van der Waals surface area contributed by atoms with Crippen LogP contribution in [0.3, 0.4) is 0 Å². The van der Waals surface area contributed by atoms with Crippen LogP contribution in [0.4, 0.5) is 0 Å². The standard InChI is InChI=1S/C13H16N2O4/c14-11(8-4-2-1-3-5-8)12(17)15-7-9(16)6-10(15)13(18)19/h1-5,9-11,16H,6-7,14H2,(H,18,19)/t9?,10?,11-/m1/s1. The van der Waals surface area contributed by atoms with E-state index in [1.165, 1.54) is 0 Å². The molecule has 102 valence electrons. The highest BCUT2D eigenvalue weighted by Crippen LogP contribution is 2.22. The summed E-state index contributed by atoms with van der Waals surface area (Å²) in [5, 5.41) is 18.6. The second-order valence-electron chi connectivity index (χ2n) is 4.62. The van der Waals surface area contributed by atoms with Crippen LogP contribution in [0.25, 0.3) is 0 Å². The molecule has 4 N–H and O–H groups in total. The van der Waals surface area contributed by atoms with Crippen LogP contribution in [0.5, 0.6) is 0 Å². The zero-order valence-electron chi connectivity index (χ0n) is 10.3. The van der Waals surface area contributed by atoms with Crippen LogP contribution in [-0.4, -0.2) is 45.7 Å². The molecule has 1 aromatic rings. The fourth-order valence-corrected chi connectivity index (χ4v) is 2.27. The molecule has 1 aliphatic rings. The third-order valence-corrected chi connectivity index (χ3v) is 3.27. The predicted octanol–water partition coefficient (Wildman–Crippen LogP) is -0.267. The Labute approximate surface area is 110 Å². The van der Waals surface area contributed by atoms with Gasteiger partial charge in [-0.1, -0.05) is 30.3 Å². The molecule has 2 unspecified atom stereocenters. The zero-order chi connectivity index (χ0) is 14.0. The lowest BCUT2D eigenvalue weighted by atomic mass is 10.1. The van der Waals surface area contributed by atoms with E-state index in [0.717, 1.165) is 4.90 Å². The van der Waals surface area contributed by atoms with Gasteiger partial charge in [0.2, 0.25) is 5.91 Å². The molecule has 6 heteroatoms. The number of carboxylic acid groups (broad SMARTS) is 1. The van der Waals surface area contributed by atoms with Crippen molar-refractivity contribution in [3.05, 3.63) is 35.9 Å². The molecular formula is C13H16N2O4. The number of nitrogens with two attached hydrogens (primary N) is 1. The van der Waals surface area contributed by atoms with Gasteiger partial charge in [0, 0.05) is 13.0 Å². The normalized spacial score (nSPS) is 24.2. The molecule has 1 amide bonds. The Balaban J connectivity index is 2.17. The highest BCUT2D eigenvalue weighted by molar-refractivity contribution is 5.88. The summed E-state index contributed by atoms with van der Waals surface area (Å²) in [6, 6.07) is 6.84. The largest absolute Gasteiger partial charge is 0.480 e. The summed E-state index contributed by atoms with van der Waals surface area (Å²) in [6.07, 6.45) is -0.768. The molecule has 1 fully saturated rings. The van der Waals surface area contributed by atoms with E-state index in [1.54, 1.807) is 30.3 Å². The number of nitrogens with zero attached hydrogens (tertiary/aromatic N) is 1. The summed E-state index contributed by atoms with van der Waals surface area (Å²) in [4.78, 5) is 24.5. The third kappa shape index (κ3) is 2.74. The van der Waals surface area contributed by atoms with Gasteiger partial charge in [0.15, 0.2) is 0 Å². The first-order valence-electron chi connectivity index (χ1n) is 6.02. The quantitative estimate of drug-likeness (QED) is 0.697. The summed E-state index contributed by atoms with van der Waals surface area (Å²) in [5.41, 5.74) is 6.48. The lowest BCUT2D eigenvalue weighted by Crippen LogP contribution is -2.45. The number of aliphatic hydroxyl groups excluding tert-OH is 1. The van der Waals surface area contributed by atoms with Crippen molar-refractivity contribution in [1.29, 1.82) is 0 Å². The monoisotopic (exact) mass is 264 g/mol. The number of rotatable bonds is 3. The number of carbonyl (C=O) groups is 2. The molecule has 1 heterocycles. The van der Waals surface area contributed by atoms with Crippen molar-refractivity contribution < 1.29 is 19.8 Å². The Bertz CT molecular complexity index is 477. The second-order valence-corrected chi connectivity index (χ2v) is 4.62. The number of carboxylic acids is 1. The van der Waals surface area contributed by atoms with Crippen molar-refractivity contribution in [2.75, 3.05) is 6.54 Å². The van der Waals surface area contributed by atoms with E-state index in [9.17, 15) is 14.7 Å². The van der Waals surface area contributed by atoms with Gasteiger partial charge in [0.05, 0.1) is 6.10 Å². The Kier molecular flexibility index (Phi) is 3.82. The number of β-amino-alcohol motifs (C(OH)–C–C–N with tert-alkyl or cyclic N) is 1. The maximum Gasteiger partial charge on any atom is 0.326 e. The van der Waals surface area contributed by atoms with Crippen LogP contribution < -0.4 is 5.73 Å². The van der Waals surface area contributed by atoms with Crippen LogP contribution in [0, 0.1) is 0 Å². The molecule has 3 atom stereocenters. The minimum atomic E-state index is -1.12. The van der Waals surface area contributed by atoms with Crippen molar-refractivity contribution in [1.82, 2.24) is 4.90 Å². The number of benzene rings is 1. The molecule has 1 aliphatic heterocycles. The minimum Gasteiger partial charge on any atom is -0.480 e. The Morgan fingerprint density at radius 2 is 1.95 bits per heavy atom. The van der Waals surface area contributed by atoms with E-state index in [2.05, 4.69) is 0 Å². The van der Waals surface area contributed by atoms with E-state index in [0.29, 0.717) is 5.56 Å². The molecule has 1 saturated heterocycles. The summed E-state index contributed by atoms with van der Waals surface area (Å²) in [7, 11) is 0. The summed E-state index contributed by atoms with van der Waals surface area (Å²) in [5.74, 6) is -1.60. The molecule has 0 radical (unpaired) electrons. The first-order chi connectivity index (χ1) is 9.00. The van der Waals surface area contributed by atoms with Crippen LogP contribution in [-0.2, 0) is 9.59 Å². The first kappa shape index (κ1) is 13.5. The van der Waals surface area contributed by atoms with Gasteiger partial charge in [-0.3, -0.25) is 4.79 Å². The topological polar surface area (TPSA) is 104 Å². The maximum atomic E-state index is 12.2. The number of carbonyl (C=O) groups excluding carboxylic acids is 1. The van der Waals surface area contributed by atoms with Gasteiger partial charge in [0.1, 0.15) is 12.1 Å². The number of aliphatic hydroxyl groups is 1. The molecule has 2 rings (SSSR count). The molecule has 1 aromatic carbocycles. The Morgan fingerprint density at radius 1 is 1.32 bits per heavy atom. The smallest absolute Gasteiger partial charge is 0.326 e. The summed E-state index contributed by atoms with van der Waals surface area (Å²) < 4.78 is 0. The van der Waals surface area contributed by atoms with Crippen molar-refractivity contribution in [3.8, 4) is 0 Å². The number of likely N-dealkylation sites (tertiary alicyclic amines) is 1. The van der Waals surface area contributed by atoms with Crippen LogP contribution in [0.2, 0.25) is 0 Å². The number of aliphatic carboxylic acids is 1. The molecule has 0 spiro atoms. The Hall–Kier alpha value is -1.92. The van der Waals surface area contributed by atoms with Crippen molar-refractivity contribution in [2.24, 2.45) is 5.73 Å².